The lowest BCUT2D eigenvalue weighted by Crippen LogP contribution is -2.06. The Labute approximate surface area is 177 Å². The van der Waals surface area contributed by atoms with E-state index in [4.69, 9.17) is 5.26 Å². The second kappa shape index (κ2) is 7.81. The van der Waals surface area contributed by atoms with E-state index in [0.29, 0.717) is 17.7 Å². The minimum Gasteiger partial charge on any atom is -0.362 e. The molecule has 148 valence electrons. The van der Waals surface area contributed by atoms with Gasteiger partial charge in [0.25, 0.3) is 0 Å². The molecular weight excluding hydrogens is 389 g/mol. The van der Waals surface area contributed by atoms with Crippen LogP contribution in [0.4, 0.5) is 10.2 Å². The third kappa shape index (κ3) is 3.65. The maximum atomic E-state index is 15.2. The van der Waals surface area contributed by atoms with E-state index in [2.05, 4.69) is 26.3 Å². The van der Waals surface area contributed by atoms with Gasteiger partial charge in [-0.2, -0.15) is 5.26 Å². The lowest BCUT2D eigenvalue weighted by atomic mass is 10.0. The van der Waals surface area contributed by atoms with Gasteiger partial charge in [-0.05, 0) is 54.1 Å². The first-order valence-electron chi connectivity index (χ1n) is 9.74. The van der Waals surface area contributed by atoms with Gasteiger partial charge in [0.1, 0.15) is 0 Å². The number of aromatic nitrogens is 3. The first-order valence-corrected chi connectivity index (χ1v) is 9.74. The molecule has 0 aliphatic rings. The fourth-order valence-corrected chi connectivity index (χ4v) is 3.54. The highest BCUT2D eigenvalue weighted by Crippen LogP contribution is 2.28. The fraction of sp³-hybridized carbons (Fsp3) is 0.0400. The number of hydrogen-bond donors (Lipinski definition) is 1. The van der Waals surface area contributed by atoms with Crippen LogP contribution in [0.15, 0.2) is 79.1 Å². The lowest BCUT2D eigenvalue weighted by molar-refractivity contribution is 0.627. The number of nitriles is 1. The van der Waals surface area contributed by atoms with Crippen molar-refractivity contribution in [1.29, 1.82) is 5.26 Å². The smallest absolute Gasteiger partial charge is 0.173 e. The van der Waals surface area contributed by atoms with Gasteiger partial charge < -0.3 is 5.32 Å². The summed E-state index contributed by atoms with van der Waals surface area (Å²) < 4.78 is 15.2. The molecule has 0 aliphatic heterocycles. The molecule has 3 heterocycles. The highest BCUT2D eigenvalue weighted by Gasteiger charge is 2.12. The minimum atomic E-state index is -0.412. The number of anilines is 1. The van der Waals surface area contributed by atoms with E-state index in [-0.39, 0.29) is 5.82 Å². The molecule has 2 aromatic carbocycles. The topological polar surface area (TPSA) is 74.5 Å². The molecule has 1 N–H and O–H groups in total. The first-order chi connectivity index (χ1) is 15.2. The first kappa shape index (κ1) is 18.6. The number of benzene rings is 2. The molecule has 0 spiro atoms. The van der Waals surface area contributed by atoms with Crippen LogP contribution in [0.1, 0.15) is 11.3 Å². The Kier molecular flexibility index (Phi) is 4.70. The Morgan fingerprint density at radius 3 is 2.65 bits per heavy atom. The van der Waals surface area contributed by atoms with Gasteiger partial charge in [0.05, 0.1) is 34.9 Å². The predicted octanol–water partition coefficient (Wildman–Crippen LogP) is 5.47. The summed E-state index contributed by atoms with van der Waals surface area (Å²) in [4.78, 5) is 13.1. The summed E-state index contributed by atoms with van der Waals surface area (Å²) in [6.45, 7) is 0.324. The van der Waals surface area contributed by atoms with Crippen LogP contribution in [0, 0.1) is 17.1 Å². The second-order valence-corrected chi connectivity index (χ2v) is 7.11. The summed E-state index contributed by atoms with van der Waals surface area (Å²) in [5.41, 5.74) is 4.22. The fourth-order valence-electron chi connectivity index (χ4n) is 3.54. The van der Waals surface area contributed by atoms with Crippen LogP contribution >= 0.6 is 0 Å². The molecule has 6 heteroatoms. The normalized spacial score (nSPS) is 10.8. The van der Waals surface area contributed by atoms with Crippen LogP contribution in [-0.2, 0) is 6.54 Å². The van der Waals surface area contributed by atoms with Crippen LogP contribution in [0.5, 0.6) is 0 Å². The van der Waals surface area contributed by atoms with Gasteiger partial charge in [0.2, 0.25) is 0 Å². The van der Waals surface area contributed by atoms with Crippen molar-refractivity contribution in [2.24, 2.45) is 0 Å². The maximum Gasteiger partial charge on any atom is 0.173 e. The molecule has 0 atom stereocenters. The lowest BCUT2D eigenvalue weighted by Gasteiger charge is -2.11. The van der Waals surface area contributed by atoms with E-state index in [0.717, 1.165) is 33.1 Å². The summed E-state index contributed by atoms with van der Waals surface area (Å²) >= 11 is 0. The van der Waals surface area contributed by atoms with Crippen LogP contribution in [-0.4, -0.2) is 15.0 Å². The molecule has 0 aliphatic carbocycles. The Morgan fingerprint density at radius 1 is 0.871 bits per heavy atom. The summed E-state index contributed by atoms with van der Waals surface area (Å²) in [5, 5.41) is 13.9. The average molecular weight is 405 g/mol. The Bertz CT molecular complexity index is 1470. The number of nitrogens with one attached hydrogen (secondary N) is 1. The molecule has 0 fully saturated rings. The zero-order valence-corrected chi connectivity index (χ0v) is 16.4. The monoisotopic (exact) mass is 405 g/mol. The van der Waals surface area contributed by atoms with Crippen LogP contribution < -0.4 is 5.32 Å². The zero-order valence-electron chi connectivity index (χ0n) is 16.4. The molecule has 0 radical (unpaired) electrons. The van der Waals surface area contributed by atoms with Gasteiger partial charge in [0, 0.05) is 28.7 Å². The molecule has 0 amide bonds. The zero-order chi connectivity index (χ0) is 21.2. The van der Waals surface area contributed by atoms with E-state index in [1.807, 2.05) is 48.5 Å². The molecule has 5 nitrogen and oxygen atoms in total. The molecule has 0 saturated heterocycles. The van der Waals surface area contributed by atoms with Crippen molar-refractivity contribution in [3.63, 3.8) is 0 Å². The van der Waals surface area contributed by atoms with Gasteiger partial charge in [-0.15, -0.1) is 0 Å². The Morgan fingerprint density at radius 2 is 1.74 bits per heavy atom. The van der Waals surface area contributed by atoms with Crippen molar-refractivity contribution in [3.05, 3.63) is 96.2 Å². The van der Waals surface area contributed by atoms with Crippen LogP contribution in [0.25, 0.3) is 32.9 Å². The standard InChI is InChI=1S/C25H16FN5/c26-24-21(17-5-8-22-18(13-17)2-1-10-28-22)9-11-29-25(24)30-15-20-6-4-19-12-16(14-27)3-7-23(19)31-20/h1-13H,15H2,(H,29,30). The summed E-state index contributed by atoms with van der Waals surface area (Å²) in [5.74, 6) is -0.240. The van der Waals surface area contributed by atoms with E-state index in [9.17, 15) is 0 Å². The van der Waals surface area contributed by atoms with Crippen molar-refractivity contribution in [3.8, 4) is 17.2 Å². The number of nitrogens with zero attached hydrogens (tertiary/aromatic N) is 4. The SMILES string of the molecule is N#Cc1ccc2nc(CNc3nccc(-c4ccc5ncccc5c4)c3F)ccc2c1. The Hall–Kier alpha value is -4.37. The molecule has 0 saturated carbocycles. The molecule has 5 aromatic rings. The number of hydrogen-bond acceptors (Lipinski definition) is 5. The molecule has 0 bridgehead atoms. The molecule has 0 unspecified atom stereocenters. The maximum absolute atomic E-state index is 15.2. The molecular formula is C25H16FN5. The predicted molar refractivity (Wildman–Crippen MR) is 119 cm³/mol. The summed E-state index contributed by atoms with van der Waals surface area (Å²) in [6.07, 6.45) is 3.33. The second-order valence-electron chi connectivity index (χ2n) is 7.11. The number of fused-ring (bicyclic) bond motifs is 2. The highest BCUT2D eigenvalue weighted by atomic mass is 19.1. The average Bonchev–Trinajstić information content (AvgIpc) is 2.82. The van der Waals surface area contributed by atoms with Crippen molar-refractivity contribution in [1.82, 2.24) is 15.0 Å². The van der Waals surface area contributed by atoms with Gasteiger partial charge in [-0.1, -0.05) is 18.2 Å². The number of pyridine rings is 3. The van der Waals surface area contributed by atoms with E-state index in [1.165, 1.54) is 0 Å². The number of rotatable bonds is 4. The van der Waals surface area contributed by atoms with Crippen molar-refractivity contribution >= 4 is 27.6 Å². The molecule has 31 heavy (non-hydrogen) atoms. The van der Waals surface area contributed by atoms with Gasteiger partial charge >= 0.3 is 0 Å². The largest absolute Gasteiger partial charge is 0.362 e. The minimum absolute atomic E-state index is 0.172. The van der Waals surface area contributed by atoms with E-state index < -0.39 is 5.82 Å². The number of halogens is 1. The van der Waals surface area contributed by atoms with Gasteiger partial charge in [-0.25, -0.2) is 9.37 Å². The Balaban J connectivity index is 1.41. The van der Waals surface area contributed by atoms with Crippen molar-refractivity contribution < 1.29 is 4.39 Å². The molecule has 5 rings (SSSR count). The summed E-state index contributed by atoms with van der Waals surface area (Å²) in [6, 6.07) is 22.4. The molecule has 3 aromatic heterocycles. The third-order valence-electron chi connectivity index (χ3n) is 5.12. The van der Waals surface area contributed by atoms with E-state index in [1.54, 1.807) is 30.6 Å². The third-order valence-corrected chi connectivity index (χ3v) is 5.12. The van der Waals surface area contributed by atoms with Crippen molar-refractivity contribution in [2.45, 2.75) is 6.54 Å². The van der Waals surface area contributed by atoms with Crippen LogP contribution in [0.2, 0.25) is 0 Å². The van der Waals surface area contributed by atoms with Crippen molar-refractivity contribution in [2.75, 3.05) is 5.32 Å². The van der Waals surface area contributed by atoms with Gasteiger partial charge in [-0.3, -0.25) is 9.97 Å². The summed E-state index contributed by atoms with van der Waals surface area (Å²) in [7, 11) is 0. The highest BCUT2D eigenvalue weighted by molar-refractivity contribution is 5.85. The quantitative estimate of drug-likeness (QED) is 0.429. The van der Waals surface area contributed by atoms with E-state index >= 15 is 4.39 Å². The van der Waals surface area contributed by atoms with Crippen LogP contribution in [0.3, 0.4) is 0 Å². The van der Waals surface area contributed by atoms with Gasteiger partial charge in [0.15, 0.2) is 11.6 Å².